The van der Waals surface area contributed by atoms with Crippen molar-refractivity contribution < 1.29 is 4.79 Å². The summed E-state index contributed by atoms with van der Waals surface area (Å²) in [4.78, 5) is 29.7. The Morgan fingerprint density at radius 3 is 2.55 bits per heavy atom. The number of fused-ring (bicyclic) bond motifs is 1. The SMILES string of the molecule is Cc1cc(NC(=O)c2cc(-c3ccccc3Cl)nc3ccccc23)cn(C)c1=O. The molecule has 1 amide bonds. The normalized spacial score (nSPS) is 10.9. The van der Waals surface area contributed by atoms with Gasteiger partial charge in [0.25, 0.3) is 11.5 Å². The average Bonchev–Trinajstić information content (AvgIpc) is 2.71. The van der Waals surface area contributed by atoms with Crippen LogP contribution in [0, 0.1) is 6.92 Å². The van der Waals surface area contributed by atoms with E-state index in [1.807, 2.05) is 42.5 Å². The van der Waals surface area contributed by atoms with Gasteiger partial charge in [-0.2, -0.15) is 0 Å². The molecule has 4 rings (SSSR count). The van der Waals surface area contributed by atoms with E-state index in [2.05, 4.69) is 10.3 Å². The van der Waals surface area contributed by atoms with Crippen LogP contribution in [-0.2, 0) is 7.05 Å². The Balaban J connectivity index is 1.83. The van der Waals surface area contributed by atoms with Crippen molar-refractivity contribution in [3.63, 3.8) is 0 Å². The van der Waals surface area contributed by atoms with Crippen LogP contribution in [0.1, 0.15) is 15.9 Å². The average molecular weight is 404 g/mol. The van der Waals surface area contributed by atoms with Crippen molar-refractivity contribution in [1.82, 2.24) is 9.55 Å². The Hall–Kier alpha value is -3.44. The summed E-state index contributed by atoms with van der Waals surface area (Å²) < 4.78 is 1.45. The summed E-state index contributed by atoms with van der Waals surface area (Å²) in [5.41, 5.74) is 3.57. The summed E-state index contributed by atoms with van der Waals surface area (Å²) in [5, 5.41) is 4.20. The van der Waals surface area contributed by atoms with E-state index in [0.717, 1.165) is 10.9 Å². The van der Waals surface area contributed by atoms with Crippen molar-refractivity contribution in [2.24, 2.45) is 7.05 Å². The van der Waals surface area contributed by atoms with Crippen LogP contribution < -0.4 is 10.9 Å². The molecular formula is C23H18ClN3O2. The second-order valence-electron chi connectivity index (χ2n) is 6.83. The van der Waals surface area contributed by atoms with Gasteiger partial charge in [-0.3, -0.25) is 9.59 Å². The summed E-state index contributed by atoms with van der Waals surface area (Å²) in [7, 11) is 1.66. The number of benzene rings is 2. The summed E-state index contributed by atoms with van der Waals surface area (Å²) in [6, 6.07) is 18.3. The Morgan fingerprint density at radius 1 is 1.07 bits per heavy atom. The highest BCUT2D eigenvalue weighted by Crippen LogP contribution is 2.30. The number of nitrogens with zero attached hydrogens (tertiary/aromatic N) is 2. The summed E-state index contributed by atoms with van der Waals surface area (Å²) in [6.45, 7) is 1.72. The lowest BCUT2D eigenvalue weighted by Gasteiger charge is -2.12. The fourth-order valence-corrected chi connectivity index (χ4v) is 3.55. The van der Waals surface area contributed by atoms with Crippen molar-refractivity contribution >= 4 is 34.1 Å². The zero-order valence-corrected chi connectivity index (χ0v) is 16.7. The number of halogens is 1. The molecule has 0 unspecified atom stereocenters. The number of carbonyl (C=O) groups is 1. The molecule has 0 bridgehead atoms. The first-order valence-electron chi connectivity index (χ1n) is 9.07. The van der Waals surface area contributed by atoms with E-state index in [1.54, 1.807) is 38.4 Å². The zero-order chi connectivity index (χ0) is 20.5. The van der Waals surface area contributed by atoms with Crippen LogP contribution in [0.4, 0.5) is 5.69 Å². The van der Waals surface area contributed by atoms with Gasteiger partial charge in [-0.1, -0.05) is 48.0 Å². The summed E-state index contributed by atoms with van der Waals surface area (Å²) in [5.74, 6) is -0.282. The number of anilines is 1. The number of hydrogen-bond acceptors (Lipinski definition) is 3. The van der Waals surface area contributed by atoms with Gasteiger partial charge in [-0.05, 0) is 31.2 Å². The molecule has 2 aromatic carbocycles. The first-order valence-corrected chi connectivity index (χ1v) is 9.45. The fraction of sp³-hybridized carbons (Fsp3) is 0.0870. The van der Waals surface area contributed by atoms with Gasteiger partial charge >= 0.3 is 0 Å². The van der Waals surface area contributed by atoms with E-state index >= 15 is 0 Å². The number of aromatic nitrogens is 2. The van der Waals surface area contributed by atoms with Gasteiger partial charge < -0.3 is 9.88 Å². The van der Waals surface area contributed by atoms with Crippen molar-refractivity contribution in [1.29, 1.82) is 0 Å². The van der Waals surface area contributed by atoms with Crippen LogP contribution >= 0.6 is 11.6 Å². The lowest BCUT2D eigenvalue weighted by atomic mass is 10.0. The van der Waals surface area contributed by atoms with E-state index in [4.69, 9.17) is 11.6 Å². The van der Waals surface area contributed by atoms with Gasteiger partial charge in [-0.25, -0.2) is 4.98 Å². The molecule has 1 N–H and O–H groups in total. The molecule has 5 nitrogen and oxygen atoms in total. The molecule has 0 aliphatic rings. The van der Waals surface area contributed by atoms with Gasteiger partial charge in [0, 0.05) is 34.8 Å². The number of aryl methyl sites for hydroxylation is 2. The predicted octanol–water partition coefficient (Wildman–Crippen LogP) is 4.81. The first kappa shape index (κ1) is 18.9. The van der Waals surface area contributed by atoms with Crippen LogP contribution in [0.5, 0.6) is 0 Å². The van der Waals surface area contributed by atoms with Crippen molar-refractivity contribution in [2.45, 2.75) is 6.92 Å². The van der Waals surface area contributed by atoms with E-state index in [-0.39, 0.29) is 11.5 Å². The van der Waals surface area contributed by atoms with Crippen molar-refractivity contribution in [3.05, 3.63) is 93.4 Å². The summed E-state index contributed by atoms with van der Waals surface area (Å²) >= 11 is 6.35. The molecule has 2 heterocycles. The van der Waals surface area contributed by atoms with Gasteiger partial charge in [0.05, 0.1) is 22.5 Å². The molecule has 0 saturated carbocycles. The minimum Gasteiger partial charge on any atom is -0.321 e. The van der Waals surface area contributed by atoms with Crippen molar-refractivity contribution in [2.75, 3.05) is 5.32 Å². The van der Waals surface area contributed by atoms with E-state index < -0.39 is 0 Å². The number of amides is 1. The van der Waals surface area contributed by atoms with Crippen LogP contribution in [-0.4, -0.2) is 15.5 Å². The third kappa shape index (κ3) is 3.65. The minimum absolute atomic E-state index is 0.0987. The largest absolute Gasteiger partial charge is 0.321 e. The van der Waals surface area contributed by atoms with Crippen LogP contribution in [0.15, 0.2) is 71.7 Å². The van der Waals surface area contributed by atoms with E-state index in [1.165, 1.54) is 4.57 Å². The monoisotopic (exact) mass is 403 g/mol. The topological polar surface area (TPSA) is 64.0 Å². The second kappa shape index (κ2) is 7.53. The number of rotatable bonds is 3. The Kier molecular flexibility index (Phi) is 4.91. The highest BCUT2D eigenvalue weighted by Gasteiger charge is 2.16. The molecule has 0 aliphatic carbocycles. The molecule has 2 aromatic heterocycles. The molecule has 0 atom stereocenters. The fourth-order valence-electron chi connectivity index (χ4n) is 3.31. The van der Waals surface area contributed by atoms with E-state index in [0.29, 0.717) is 33.0 Å². The number of carbonyl (C=O) groups excluding carboxylic acids is 1. The minimum atomic E-state index is -0.282. The van der Waals surface area contributed by atoms with E-state index in [9.17, 15) is 9.59 Å². The number of para-hydroxylation sites is 1. The highest BCUT2D eigenvalue weighted by atomic mass is 35.5. The third-order valence-corrected chi connectivity index (χ3v) is 5.06. The number of pyridine rings is 2. The first-order chi connectivity index (χ1) is 13.9. The molecule has 0 aliphatic heterocycles. The smallest absolute Gasteiger partial charge is 0.256 e. The molecule has 4 aromatic rings. The quantitative estimate of drug-likeness (QED) is 0.533. The number of nitrogens with one attached hydrogen (secondary N) is 1. The summed E-state index contributed by atoms with van der Waals surface area (Å²) in [6.07, 6.45) is 1.60. The second-order valence-corrected chi connectivity index (χ2v) is 7.24. The standard InChI is InChI=1S/C23H18ClN3O2/c1-14-11-15(13-27(2)23(14)29)25-22(28)18-12-21(17-8-3-5-9-19(17)24)26-20-10-6-4-7-16(18)20/h3-13H,1-2H3,(H,25,28). The van der Waals surface area contributed by atoms with Gasteiger partial charge in [0.2, 0.25) is 0 Å². The van der Waals surface area contributed by atoms with Gasteiger partial charge in [0.1, 0.15) is 0 Å². The predicted molar refractivity (Wildman–Crippen MR) is 117 cm³/mol. The van der Waals surface area contributed by atoms with Gasteiger partial charge in [-0.15, -0.1) is 0 Å². The lowest BCUT2D eigenvalue weighted by Crippen LogP contribution is -2.21. The Labute approximate surface area is 172 Å². The third-order valence-electron chi connectivity index (χ3n) is 4.73. The Bertz CT molecular complexity index is 1290. The maximum atomic E-state index is 13.1. The van der Waals surface area contributed by atoms with Crippen LogP contribution in [0.3, 0.4) is 0 Å². The zero-order valence-electron chi connectivity index (χ0n) is 15.9. The van der Waals surface area contributed by atoms with Crippen LogP contribution in [0.2, 0.25) is 5.02 Å². The molecule has 29 heavy (non-hydrogen) atoms. The number of hydrogen-bond donors (Lipinski definition) is 1. The van der Waals surface area contributed by atoms with Gasteiger partial charge in [0.15, 0.2) is 0 Å². The molecule has 0 fully saturated rings. The molecular weight excluding hydrogens is 386 g/mol. The molecule has 0 saturated heterocycles. The maximum Gasteiger partial charge on any atom is 0.256 e. The van der Waals surface area contributed by atoms with Crippen LogP contribution in [0.25, 0.3) is 22.2 Å². The molecule has 0 spiro atoms. The van der Waals surface area contributed by atoms with Crippen molar-refractivity contribution in [3.8, 4) is 11.3 Å². The molecule has 0 radical (unpaired) electrons. The maximum absolute atomic E-state index is 13.1. The molecule has 6 heteroatoms. The lowest BCUT2D eigenvalue weighted by molar-refractivity contribution is 0.102. The highest BCUT2D eigenvalue weighted by molar-refractivity contribution is 6.33. The Morgan fingerprint density at radius 2 is 1.79 bits per heavy atom. The molecule has 144 valence electrons.